The van der Waals surface area contributed by atoms with Gasteiger partial charge < -0.3 is 5.32 Å². The second-order valence-corrected chi connectivity index (χ2v) is 8.98. The molecule has 1 aliphatic heterocycles. The number of hydrogen-bond donors (Lipinski definition) is 1. The van der Waals surface area contributed by atoms with Crippen molar-refractivity contribution in [2.45, 2.75) is 51.3 Å². The van der Waals surface area contributed by atoms with E-state index in [4.69, 9.17) is 0 Å². The highest BCUT2D eigenvalue weighted by Gasteiger charge is 2.30. The standard InChI is InChI=1S/C13H28N2O2S/c1-5-8-15(12-6-7-14-11-12)9-10-18(16,17)13(2,3)4/h12,14H,5-11H2,1-4H3. The van der Waals surface area contributed by atoms with E-state index in [1.807, 2.05) is 0 Å². The van der Waals surface area contributed by atoms with Crippen LogP contribution in [-0.4, -0.2) is 56.0 Å². The summed E-state index contributed by atoms with van der Waals surface area (Å²) in [6.07, 6.45) is 2.21. The fourth-order valence-corrected chi connectivity index (χ4v) is 3.35. The smallest absolute Gasteiger partial charge is 0.156 e. The molecule has 0 spiro atoms. The zero-order valence-electron chi connectivity index (χ0n) is 12.2. The van der Waals surface area contributed by atoms with Gasteiger partial charge >= 0.3 is 0 Å². The molecule has 1 fully saturated rings. The molecule has 4 nitrogen and oxygen atoms in total. The second-order valence-electron chi connectivity index (χ2n) is 6.11. The van der Waals surface area contributed by atoms with E-state index in [2.05, 4.69) is 17.1 Å². The van der Waals surface area contributed by atoms with Gasteiger partial charge in [0.25, 0.3) is 0 Å². The van der Waals surface area contributed by atoms with E-state index in [9.17, 15) is 8.42 Å². The maximum atomic E-state index is 12.1. The number of nitrogens with zero attached hydrogens (tertiary/aromatic N) is 1. The average molecular weight is 276 g/mol. The van der Waals surface area contributed by atoms with Crippen molar-refractivity contribution in [3.05, 3.63) is 0 Å². The number of rotatable bonds is 6. The lowest BCUT2D eigenvalue weighted by molar-refractivity contribution is 0.220. The Labute approximate surface area is 112 Å². The van der Waals surface area contributed by atoms with Crippen LogP contribution < -0.4 is 5.32 Å². The van der Waals surface area contributed by atoms with Gasteiger partial charge in [-0.15, -0.1) is 0 Å². The van der Waals surface area contributed by atoms with Crippen molar-refractivity contribution >= 4 is 9.84 Å². The Hall–Kier alpha value is -0.130. The second kappa shape index (κ2) is 6.35. The molecule has 18 heavy (non-hydrogen) atoms. The van der Waals surface area contributed by atoms with E-state index >= 15 is 0 Å². The molecule has 0 aliphatic carbocycles. The maximum Gasteiger partial charge on any atom is 0.156 e. The summed E-state index contributed by atoms with van der Waals surface area (Å²) in [4.78, 5) is 2.34. The van der Waals surface area contributed by atoms with Gasteiger partial charge in [0.1, 0.15) is 0 Å². The van der Waals surface area contributed by atoms with Crippen LogP contribution in [0.4, 0.5) is 0 Å². The van der Waals surface area contributed by atoms with Crippen LogP contribution in [0.1, 0.15) is 40.5 Å². The molecule has 1 heterocycles. The van der Waals surface area contributed by atoms with Crippen molar-refractivity contribution in [2.75, 3.05) is 31.9 Å². The van der Waals surface area contributed by atoms with Gasteiger partial charge in [-0.05, 0) is 46.7 Å². The molecule has 1 atom stereocenters. The summed E-state index contributed by atoms with van der Waals surface area (Å²) in [7, 11) is -3.00. The van der Waals surface area contributed by atoms with Gasteiger partial charge in [-0.25, -0.2) is 8.42 Å². The van der Waals surface area contributed by atoms with Crippen LogP contribution in [0.15, 0.2) is 0 Å². The molecule has 0 bridgehead atoms. The minimum Gasteiger partial charge on any atom is -0.315 e. The van der Waals surface area contributed by atoms with Crippen molar-refractivity contribution in [1.29, 1.82) is 0 Å². The van der Waals surface area contributed by atoms with Crippen LogP contribution in [0.25, 0.3) is 0 Å². The minimum absolute atomic E-state index is 0.271. The molecule has 1 aliphatic rings. The van der Waals surface area contributed by atoms with Crippen LogP contribution in [-0.2, 0) is 9.84 Å². The number of nitrogens with one attached hydrogen (secondary N) is 1. The summed E-state index contributed by atoms with van der Waals surface area (Å²) >= 11 is 0. The lowest BCUT2D eigenvalue weighted by Crippen LogP contribution is -2.42. The maximum absolute atomic E-state index is 12.1. The minimum atomic E-state index is -3.00. The highest BCUT2D eigenvalue weighted by atomic mass is 32.2. The average Bonchev–Trinajstić information content (AvgIpc) is 2.75. The van der Waals surface area contributed by atoms with Crippen molar-refractivity contribution in [3.8, 4) is 0 Å². The van der Waals surface area contributed by atoms with Gasteiger partial charge in [0, 0.05) is 19.1 Å². The lowest BCUT2D eigenvalue weighted by Gasteiger charge is -2.29. The van der Waals surface area contributed by atoms with Gasteiger partial charge in [-0.2, -0.15) is 0 Å². The molecule has 1 rings (SSSR count). The van der Waals surface area contributed by atoms with E-state index in [1.165, 1.54) is 0 Å². The Kier molecular flexibility index (Phi) is 5.62. The van der Waals surface area contributed by atoms with Gasteiger partial charge in [0.15, 0.2) is 9.84 Å². The van der Waals surface area contributed by atoms with Gasteiger partial charge in [-0.3, -0.25) is 4.90 Å². The highest BCUT2D eigenvalue weighted by Crippen LogP contribution is 2.17. The SMILES string of the molecule is CCCN(CCS(=O)(=O)C(C)(C)C)C1CCNC1. The molecular weight excluding hydrogens is 248 g/mol. The Morgan fingerprint density at radius 1 is 1.28 bits per heavy atom. The van der Waals surface area contributed by atoms with Crippen molar-refractivity contribution in [2.24, 2.45) is 0 Å². The highest BCUT2D eigenvalue weighted by molar-refractivity contribution is 7.92. The summed E-state index contributed by atoms with van der Waals surface area (Å²) in [6, 6.07) is 0.514. The van der Waals surface area contributed by atoms with Crippen LogP contribution in [0, 0.1) is 0 Å². The topological polar surface area (TPSA) is 49.4 Å². The fraction of sp³-hybridized carbons (Fsp3) is 1.00. The van der Waals surface area contributed by atoms with Gasteiger partial charge in [0.2, 0.25) is 0 Å². The summed E-state index contributed by atoms with van der Waals surface area (Å²) in [5, 5.41) is 3.35. The largest absolute Gasteiger partial charge is 0.315 e. The molecule has 108 valence electrons. The summed E-state index contributed by atoms with van der Waals surface area (Å²) in [5.74, 6) is 0.271. The van der Waals surface area contributed by atoms with E-state index in [1.54, 1.807) is 20.8 Å². The van der Waals surface area contributed by atoms with Crippen molar-refractivity contribution < 1.29 is 8.42 Å². The van der Waals surface area contributed by atoms with Gasteiger partial charge in [-0.1, -0.05) is 6.92 Å². The summed E-state index contributed by atoms with van der Waals surface area (Å²) in [6.45, 7) is 11.2. The monoisotopic (exact) mass is 276 g/mol. The normalized spacial score (nSPS) is 21.7. The third-order valence-electron chi connectivity index (χ3n) is 3.64. The predicted octanol–water partition coefficient (Wildman–Crippen LogP) is 1.27. The molecule has 0 aromatic carbocycles. The van der Waals surface area contributed by atoms with Crippen molar-refractivity contribution in [1.82, 2.24) is 10.2 Å². The Morgan fingerprint density at radius 2 is 1.94 bits per heavy atom. The van der Waals surface area contributed by atoms with Crippen LogP contribution in [0.3, 0.4) is 0 Å². The molecule has 5 heteroatoms. The molecule has 0 radical (unpaired) electrons. The zero-order valence-corrected chi connectivity index (χ0v) is 13.0. The first kappa shape index (κ1) is 15.9. The van der Waals surface area contributed by atoms with Crippen LogP contribution in [0.5, 0.6) is 0 Å². The molecule has 1 unspecified atom stereocenters. The Balaban J connectivity index is 2.57. The van der Waals surface area contributed by atoms with E-state index in [0.29, 0.717) is 12.6 Å². The molecule has 0 saturated carbocycles. The molecule has 0 amide bonds. The summed E-state index contributed by atoms with van der Waals surface area (Å²) in [5.41, 5.74) is 0. The first-order chi connectivity index (χ1) is 8.28. The zero-order chi connectivity index (χ0) is 13.8. The fourth-order valence-electron chi connectivity index (χ4n) is 2.26. The first-order valence-corrected chi connectivity index (χ1v) is 8.60. The molecule has 0 aromatic heterocycles. The summed E-state index contributed by atoms with van der Waals surface area (Å²) < 4.78 is 23.6. The van der Waals surface area contributed by atoms with Crippen LogP contribution in [0.2, 0.25) is 0 Å². The van der Waals surface area contributed by atoms with E-state index < -0.39 is 14.6 Å². The lowest BCUT2D eigenvalue weighted by atomic mass is 10.2. The molecule has 1 saturated heterocycles. The number of sulfone groups is 1. The van der Waals surface area contributed by atoms with E-state index in [-0.39, 0.29) is 5.75 Å². The molecule has 0 aromatic rings. The van der Waals surface area contributed by atoms with Gasteiger partial charge in [0.05, 0.1) is 10.5 Å². The predicted molar refractivity (Wildman–Crippen MR) is 76.7 cm³/mol. The quantitative estimate of drug-likeness (QED) is 0.794. The molecule has 1 N–H and O–H groups in total. The van der Waals surface area contributed by atoms with Crippen molar-refractivity contribution in [3.63, 3.8) is 0 Å². The third-order valence-corrected chi connectivity index (χ3v) is 6.23. The first-order valence-electron chi connectivity index (χ1n) is 6.95. The Bertz CT molecular complexity index is 340. The third kappa shape index (κ3) is 4.21. The van der Waals surface area contributed by atoms with Crippen LogP contribution >= 0.6 is 0 Å². The Morgan fingerprint density at radius 3 is 2.39 bits per heavy atom. The van der Waals surface area contributed by atoms with E-state index in [0.717, 1.165) is 32.5 Å². The number of hydrogen-bond acceptors (Lipinski definition) is 4. The molecular formula is C13H28N2O2S.